The molecule has 25 heavy (non-hydrogen) atoms. The van der Waals surface area contributed by atoms with Gasteiger partial charge in [0.15, 0.2) is 0 Å². The number of hydrogen-bond acceptors (Lipinski definition) is 5. The number of rotatable bonds is 7. The molecule has 1 heterocycles. The Morgan fingerprint density at radius 1 is 1.28 bits per heavy atom. The van der Waals surface area contributed by atoms with Crippen molar-refractivity contribution in [2.45, 2.75) is 19.4 Å². The first-order valence-corrected chi connectivity index (χ1v) is 8.47. The van der Waals surface area contributed by atoms with Crippen LogP contribution in [0.1, 0.15) is 12.5 Å². The van der Waals surface area contributed by atoms with Crippen molar-refractivity contribution in [2.24, 2.45) is 0 Å². The summed E-state index contributed by atoms with van der Waals surface area (Å²) in [5.41, 5.74) is 0.843. The van der Waals surface area contributed by atoms with E-state index in [0.717, 1.165) is 11.3 Å². The lowest BCUT2D eigenvalue weighted by atomic mass is 10.1. The summed E-state index contributed by atoms with van der Waals surface area (Å²) in [5, 5.41) is 10.1. The standard InChI is InChI=1S/C18H26N2O5/c1-3-25-16-6-4-14(5-7-16)10-17(22)20-12-15(21)11-19(8-9-24-2)18(23)13-20/h4-7,15,21H,3,8-13H2,1-2H3. The zero-order valence-electron chi connectivity index (χ0n) is 14.8. The summed E-state index contributed by atoms with van der Waals surface area (Å²) in [5.74, 6) is 0.409. The minimum atomic E-state index is -0.757. The molecule has 1 unspecified atom stereocenters. The van der Waals surface area contributed by atoms with Crippen LogP contribution in [0.25, 0.3) is 0 Å². The topological polar surface area (TPSA) is 79.3 Å². The second-order valence-electron chi connectivity index (χ2n) is 6.01. The number of carbonyl (C=O) groups is 2. The van der Waals surface area contributed by atoms with E-state index in [1.54, 1.807) is 12.0 Å². The Labute approximate surface area is 148 Å². The predicted molar refractivity (Wildman–Crippen MR) is 92.4 cm³/mol. The minimum absolute atomic E-state index is 0.0172. The first-order valence-electron chi connectivity index (χ1n) is 8.47. The van der Waals surface area contributed by atoms with Crippen molar-refractivity contribution in [3.8, 4) is 5.75 Å². The summed E-state index contributed by atoms with van der Waals surface area (Å²) in [6, 6.07) is 7.32. The van der Waals surface area contributed by atoms with Crippen LogP contribution in [0, 0.1) is 0 Å². The number of ether oxygens (including phenoxy) is 2. The molecular formula is C18H26N2O5. The van der Waals surface area contributed by atoms with Crippen LogP contribution in [0.2, 0.25) is 0 Å². The number of carbonyl (C=O) groups excluding carboxylic acids is 2. The van der Waals surface area contributed by atoms with Crippen LogP contribution in [0.5, 0.6) is 5.75 Å². The predicted octanol–water partition coefficient (Wildman–Crippen LogP) is 0.306. The Morgan fingerprint density at radius 3 is 2.64 bits per heavy atom. The van der Waals surface area contributed by atoms with E-state index in [0.29, 0.717) is 19.8 Å². The molecule has 1 aliphatic rings. The van der Waals surface area contributed by atoms with Crippen molar-refractivity contribution in [3.05, 3.63) is 29.8 Å². The summed E-state index contributed by atoms with van der Waals surface area (Å²) in [4.78, 5) is 27.8. The maximum atomic E-state index is 12.5. The Morgan fingerprint density at radius 2 is 2.00 bits per heavy atom. The molecule has 1 aliphatic heterocycles. The smallest absolute Gasteiger partial charge is 0.242 e. The first kappa shape index (κ1) is 19.2. The molecule has 0 bridgehead atoms. The molecule has 2 rings (SSSR count). The van der Waals surface area contributed by atoms with Gasteiger partial charge in [0.25, 0.3) is 0 Å². The van der Waals surface area contributed by atoms with Crippen molar-refractivity contribution in [2.75, 3.05) is 46.5 Å². The van der Waals surface area contributed by atoms with Gasteiger partial charge in [-0.25, -0.2) is 0 Å². The fourth-order valence-corrected chi connectivity index (χ4v) is 2.76. The molecule has 1 fully saturated rings. The number of aliphatic hydroxyl groups excluding tert-OH is 1. The lowest BCUT2D eigenvalue weighted by molar-refractivity contribution is -0.138. The molecular weight excluding hydrogens is 324 g/mol. The van der Waals surface area contributed by atoms with Crippen molar-refractivity contribution in [3.63, 3.8) is 0 Å². The molecule has 0 aromatic heterocycles. The van der Waals surface area contributed by atoms with Gasteiger partial charge >= 0.3 is 0 Å². The Kier molecular flexibility index (Phi) is 7.21. The normalized spacial score (nSPS) is 18.2. The summed E-state index contributed by atoms with van der Waals surface area (Å²) in [7, 11) is 1.56. The number of aliphatic hydroxyl groups is 1. The SMILES string of the molecule is CCOc1ccc(CC(=O)N2CC(=O)N(CCOC)CC(O)C2)cc1. The third-order valence-electron chi connectivity index (χ3n) is 4.05. The van der Waals surface area contributed by atoms with Crippen LogP contribution in [-0.2, 0) is 20.7 Å². The van der Waals surface area contributed by atoms with Gasteiger partial charge in [0.1, 0.15) is 5.75 Å². The molecule has 1 N–H and O–H groups in total. The van der Waals surface area contributed by atoms with Crippen LogP contribution in [0.4, 0.5) is 0 Å². The largest absolute Gasteiger partial charge is 0.494 e. The highest BCUT2D eigenvalue weighted by molar-refractivity contribution is 5.86. The fourth-order valence-electron chi connectivity index (χ4n) is 2.76. The first-order chi connectivity index (χ1) is 12.0. The highest BCUT2D eigenvalue weighted by Gasteiger charge is 2.29. The van der Waals surface area contributed by atoms with Crippen LogP contribution in [0.3, 0.4) is 0 Å². The second kappa shape index (κ2) is 9.39. The molecule has 7 heteroatoms. The van der Waals surface area contributed by atoms with Crippen LogP contribution < -0.4 is 4.74 Å². The van der Waals surface area contributed by atoms with Crippen molar-refractivity contribution in [1.82, 2.24) is 9.80 Å². The zero-order chi connectivity index (χ0) is 18.2. The van der Waals surface area contributed by atoms with E-state index >= 15 is 0 Å². The number of methoxy groups -OCH3 is 1. The van der Waals surface area contributed by atoms with Crippen LogP contribution in [0.15, 0.2) is 24.3 Å². The molecule has 2 amide bonds. The van der Waals surface area contributed by atoms with E-state index in [1.807, 2.05) is 31.2 Å². The van der Waals surface area contributed by atoms with Gasteiger partial charge in [-0.3, -0.25) is 9.59 Å². The van der Waals surface area contributed by atoms with E-state index < -0.39 is 6.10 Å². The molecule has 0 spiro atoms. The molecule has 1 aromatic carbocycles. The highest BCUT2D eigenvalue weighted by Crippen LogP contribution is 2.14. The van der Waals surface area contributed by atoms with Gasteiger partial charge in [-0.1, -0.05) is 12.1 Å². The lowest BCUT2D eigenvalue weighted by Crippen LogP contribution is -2.41. The zero-order valence-corrected chi connectivity index (χ0v) is 14.8. The van der Waals surface area contributed by atoms with Gasteiger partial charge in [-0.15, -0.1) is 0 Å². The van der Waals surface area contributed by atoms with Gasteiger partial charge < -0.3 is 24.4 Å². The minimum Gasteiger partial charge on any atom is -0.494 e. The van der Waals surface area contributed by atoms with Crippen LogP contribution >= 0.6 is 0 Å². The molecule has 1 atom stereocenters. The average molecular weight is 350 g/mol. The quantitative estimate of drug-likeness (QED) is 0.765. The molecule has 0 saturated carbocycles. The lowest BCUT2D eigenvalue weighted by Gasteiger charge is -2.21. The maximum Gasteiger partial charge on any atom is 0.242 e. The van der Waals surface area contributed by atoms with Gasteiger partial charge in [0.05, 0.1) is 32.3 Å². The third-order valence-corrected chi connectivity index (χ3v) is 4.05. The monoisotopic (exact) mass is 350 g/mol. The molecule has 0 aliphatic carbocycles. The molecule has 0 radical (unpaired) electrons. The Bertz CT molecular complexity index is 575. The molecule has 138 valence electrons. The van der Waals surface area contributed by atoms with Gasteiger partial charge in [0.2, 0.25) is 11.8 Å². The molecule has 1 aromatic rings. The summed E-state index contributed by atoms with van der Waals surface area (Å²) in [6.45, 7) is 3.67. The van der Waals surface area contributed by atoms with Gasteiger partial charge in [-0.2, -0.15) is 0 Å². The van der Waals surface area contributed by atoms with E-state index in [2.05, 4.69) is 0 Å². The van der Waals surface area contributed by atoms with E-state index in [-0.39, 0.29) is 37.9 Å². The van der Waals surface area contributed by atoms with Crippen molar-refractivity contribution in [1.29, 1.82) is 0 Å². The third kappa shape index (κ3) is 5.72. The van der Waals surface area contributed by atoms with E-state index in [4.69, 9.17) is 9.47 Å². The Hall–Kier alpha value is -2.12. The highest BCUT2D eigenvalue weighted by atomic mass is 16.5. The molecule has 1 saturated heterocycles. The average Bonchev–Trinajstić information content (AvgIpc) is 2.73. The number of amides is 2. The van der Waals surface area contributed by atoms with E-state index in [9.17, 15) is 14.7 Å². The van der Waals surface area contributed by atoms with E-state index in [1.165, 1.54) is 4.90 Å². The van der Waals surface area contributed by atoms with Crippen LogP contribution in [-0.4, -0.2) is 79.3 Å². The summed E-state index contributed by atoms with van der Waals surface area (Å²) >= 11 is 0. The fraction of sp³-hybridized carbons (Fsp3) is 0.556. The summed E-state index contributed by atoms with van der Waals surface area (Å²) < 4.78 is 10.4. The number of nitrogens with zero attached hydrogens (tertiary/aromatic N) is 2. The number of β-amino-alcohol motifs (C(OH)–C–C–N with tert-alkyl or cyclic N) is 1. The number of benzene rings is 1. The molecule has 7 nitrogen and oxygen atoms in total. The maximum absolute atomic E-state index is 12.5. The van der Waals surface area contributed by atoms with Gasteiger partial charge in [-0.05, 0) is 24.6 Å². The van der Waals surface area contributed by atoms with Gasteiger partial charge in [0, 0.05) is 26.7 Å². The van der Waals surface area contributed by atoms with Crippen molar-refractivity contribution < 1.29 is 24.2 Å². The summed E-state index contributed by atoms with van der Waals surface area (Å²) in [6.07, 6.45) is -0.572. The second-order valence-corrected chi connectivity index (χ2v) is 6.01. The Balaban J connectivity index is 1.97. The number of hydrogen-bond donors (Lipinski definition) is 1. The van der Waals surface area contributed by atoms with Crippen molar-refractivity contribution >= 4 is 11.8 Å².